The quantitative estimate of drug-likeness (QED) is 0.912. The molecule has 1 N–H and O–H groups in total. The van der Waals surface area contributed by atoms with Gasteiger partial charge in [0, 0.05) is 6.04 Å². The van der Waals surface area contributed by atoms with Crippen LogP contribution in [0.4, 0.5) is 0 Å². The van der Waals surface area contributed by atoms with Crippen LogP contribution in [-0.2, 0) is 4.79 Å². The minimum Gasteiger partial charge on any atom is -0.323 e. The third kappa shape index (κ3) is 2.47. The van der Waals surface area contributed by atoms with E-state index >= 15 is 0 Å². The van der Waals surface area contributed by atoms with Crippen LogP contribution in [0, 0.1) is 0 Å². The molecule has 1 saturated heterocycles. The third-order valence-corrected chi connectivity index (χ3v) is 4.61. The Bertz CT molecular complexity index is 453. The first-order valence-corrected chi connectivity index (χ1v) is 7.94. The third-order valence-electron chi connectivity index (χ3n) is 4.61. The van der Waals surface area contributed by atoms with Crippen molar-refractivity contribution in [2.45, 2.75) is 63.7 Å². The standard InChI is InChI=1S/C17H24N2O/c1-2-8-15-18-16(13-9-4-3-5-10-13)17(20)19(15)14-11-6-7-12-14/h3-5,9-10,14-16,18H,2,6-8,11-12H2,1H3. The highest BCUT2D eigenvalue weighted by Gasteiger charge is 2.43. The molecule has 1 aliphatic heterocycles. The van der Waals surface area contributed by atoms with Crippen molar-refractivity contribution in [3.63, 3.8) is 0 Å². The number of amides is 1. The first-order chi connectivity index (χ1) is 9.81. The summed E-state index contributed by atoms with van der Waals surface area (Å²) in [6, 6.07) is 10.4. The number of carbonyl (C=O) groups is 1. The molecule has 2 aliphatic rings. The molecule has 1 aromatic rings. The SMILES string of the molecule is CCCC1NC(c2ccccc2)C(=O)N1C1CCCC1. The summed E-state index contributed by atoms with van der Waals surface area (Å²) in [6.07, 6.45) is 7.26. The predicted molar refractivity (Wildman–Crippen MR) is 80.1 cm³/mol. The van der Waals surface area contributed by atoms with Gasteiger partial charge in [0.1, 0.15) is 6.04 Å². The van der Waals surface area contributed by atoms with Gasteiger partial charge in [0.25, 0.3) is 0 Å². The van der Waals surface area contributed by atoms with Crippen molar-refractivity contribution in [1.82, 2.24) is 10.2 Å². The molecule has 1 amide bonds. The molecule has 20 heavy (non-hydrogen) atoms. The molecule has 3 nitrogen and oxygen atoms in total. The lowest BCUT2D eigenvalue weighted by molar-refractivity contribution is -0.132. The van der Waals surface area contributed by atoms with Crippen molar-refractivity contribution < 1.29 is 4.79 Å². The fourth-order valence-electron chi connectivity index (χ4n) is 3.64. The molecule has 1 aliphatic carbocycles. The van der Waals surface area contributed by atoms with Crippen LogP contribution in [-0.4, -0.2) is 23.0 Å². The van der Waals surface area contributed by atoms with E-state index in [2.05, 4.69) is 29.3 Å². The van der Waals surface area contributed by atoms with Gasteiger partial charge in [-0.05, 0) is 24.8 Å². The van der Waals surface area contributed by atoms with Crippen LogP contribution in [0.5, 0.6) is 0 Å². The Morgan fingerprint density at radius 2 is 1.90 bits per heavy atom. The number of rotatable bonds is 4. The molecule has 108 valence electrons. The number of nitrogens with zero attached hydrogens (tertiary/aromatic N) is 1. The predicted octanol–water partition coefficient (Wildman–Crippen LogP) is 3.23. The van der Waals surface area contributed by atoms with E-state index in [9.17, 15) is 4.79 Å². The fourth-order valence-corrected chi connectivity index (χ4v) is 3.64. The zero-order valence-corrected chi connectivity index (χ0v) is 12.2. The van der Waals surface area contributed by atoms with Crippen molar-refractivity contribution in [3.8, 4) is 0 Å². The minimum absolute atomic E-state index is 0.145. The van der Waals surface area contributed by atoms with E-state index in [0.717, 1.165) is 18.4 Å². The molecule has 2 atom stereocenters. The fraction of sp³-hybridized carbons (Fsp3) is 0.588. The molecular formula is C17H24N2O. The summed E-state index contributed by atoms with van der Waals surface area (Å²) in [5.74, 6) is 0.279. The number of carbonyl (C=O) groups excluding carboxylic acids is 1. The van der Waals surface area contributed by atoms with Gasteiger partial charge in [-0.1, -0.05) is 56.5 Å². The van der Waals surface area contributed by atoms with Gasteiger partial charge in [-0.25, -0.2) is 0 Å². The summed E-state index contributed by atoms with van der Waals surface area (Å²) < 4.78 is 0. The van der Waals surface area contributed by atoms with Gasteiger partial charge in [-0.3, -0.25) is 10.1 Å². The van der Waals surface area contributed by atoms with E-state index < -0.39 is 0 Å². The van der Waals surface area contributed by atoms with Crippen LogP contribution in [0.3, 0.4) is 0 Å². The monoisotopic (exact) mass is 272 g/mol. The van der Waals surface area contributed by atoms with E-state index in [1.807, 2.05) is 18.2 Å². The van der Waals surface area contributed by atoms with Gasteiger partial charge in [-0.2, -0.15) is 0 Å². The number of benzene rings is 1. The maximum atomic E-state index is 12.8. The second-order valence-electron chi connectivity index (χ2n) is 6.00. The first-order valence-electron chi connectivity index (χ1n) is 7.94. The van der Waals surface area contributed by atoms with Crippen LogP contribution in [0.1, 0.15) is 57.1 Å². The number of nitrogens with one attached hydrogen (secondary N) is 1. The lowest BCUT2D eigenvalue weighted by Crippen LogP contribution is -2.43. The maximum absolute atomic E-state index is 12.8. The highest BCUT2D eigenvalue weighted by atomic mass is 16.2. The lowest BCUT2D eigenvalue weighted by atomic mass is 10.1. The Balaban J connectivity index is 1.83. The van der Waals surface area contributed by atoms with Crippen LogP contribution in [0.2, 0.25) is 0 Å². The summed E-state index contributed by atoms with van der Waals surface area (Å²) in [4.78, 5) is 15.0. The van der Waals surface area contributed by atoms with E-state index in [4.69, 9.17) is 0 Å². The van der Waals surface area contributed by atoms with Gasteiger partial charge in [0.2, 0.25) is 5.91 Å². The molecule has 3 rings (SSSR count). The lowest BCUT2D eigenvalue weighted by Gasteiger charge is -2.29. The number of hydrogen-bond acceptors (Lipinski definition) is 2. The zero-order valence-electron chi connectivity index (χ0n) is 12.2. The molecule has 2 unspecified atom stereocenters. The van der Waals surface area contributed by atoms with Crippen molar-refractivity contribution in [1.29, 1.82) is 0 Å². The van der Waals surface area contributed by atoms with Crippen molar-refractivity contribution in [2.75, 3.05) is 0 Å². The molecule has 0 radical (unpaired) electrons. The number of hydrogen-bond donors (Lipinski definition) is 1. The molecule has 1 aromatic carbocycles. The van der Waals surface area contributed by atoms with Gasteiger partial charge in [-0.15, -0.1) is 0 Å². The summed E-state index contributed by atoms with van der Waals surface area (Å²) >= 11 is 0. The highest BCUT2D eigenvalue weighted by Crippen LogP contribution is 2.33. The van der Waals surface area contributed by atoms with Gasteiger partial charge >= 0.3 is 0 Å². The van der Waals surface area contributed by atoms with E-state index in [-0.39, 0.29) is 18.1 Å². The van der Waals surface area contributed by atoms with Gasteiger partial charge in [0.15, 0.2) is 0 Å². The van der Waals surface area contributed by atoms with Crippen LogP contribution < -0.4 is 5.32 Å². The maximum Gasteiger partial charge on any atom is 0.245 e. The van der Waals surface area contributed by atoms with E-state index in [1.54, 1.807) is 0 Å². The molecule has 1 heterocycles. The summed E-state index contributed by atoms with van der Waals surface area (Å²) in [5, 5.41) is 3.56. The molecule has 3 heteroatoms. The van der Waals surface area contributed by atoms with Crippen molar-refractivity contribution in [3.05, 3.63) is 35.9 Å². The van der Waals surface area contributed by atoms with E-state index in [1.165, 1.54) is 25.7 Å². The van der Waals surface area contributed by atoms with Crippen molar-refractivity contribution in [2.24, 2.45) is 0 Å². The Kier molecular flexibility index (Phi) is 4.06. The second kappa shape index (κ2) is 5.96. The summed E-state index contributed by atoms with van der Waals surface area (Å²) in [7, 11) is 0. The van der Waals surface area contributed by atoms with Crippen LogP contribution in [0.15, 0.2) is 30.3 Å². The minimum atomic E-state index is -0.145. The first kappa shape index (κ1) is 13.6. The largest absolute Gasteiger partial charge is 0.323 e. The molecule has 0 bridgehead atoms. The highest BCUT2D eigenvalue weighted by molar-refractivity contribution is 5.86. The van der Waals surface area contributed by atoms with Crippen LogP contribution >= 0.6 is 0 Å². The average molecular weight is 272 g/mol. The van der Waals surface area contributed by atoms with Gasteiger partial charge < -0.3 is 4.90 Å². The Hall–Kier alpha value is -1.35. The van der Waals surface area contributed by atoms with Gasteiger partial charge in [0.05, 0.1) is 6.17 Å². The second-order valence-corrected chi connectivity index (χ2v) is 6.00. The van der Waals surface area contributed by atoms with E-state index in [0.29, 0.717) is 6.04 Å². The Morgan fingerprint density at radius 3 is 2.55 bits per heavy atom. The average Bonchev–Trinajstić information content (AvgIpc) is 3.08. The normalized spacial score (nSPS) is 27.4. The molecule has 0 aromatic heterocycles. The molecule has 0 spiro atoms. The molecule has 1 saturated carbocycles. The van der Waals surface area contributed by atoms with Crippen molar-refractivity contribution >= 4 is 5.91 Å². The molecule has 2 fully saturated rings. The van der Waals surface area contributed by atoms with Crippen LogP contribution in [0.25, 0.3) is 0 Å². The Labute approximate surface area is 121 Å². The summed E-state index contributed by atoms with van der Waals surface area (Å²) in [6.45, 7) is 2.19. The molecular weight excluding hydrogens is 248 g/mol. The topological polar surface area (TPSA) is 32.3 Å². The Morgan fingerprint density at radius 1 is 1.20 bits per heavy atom. The smallest absolute Gasteiger partial charge is 0.245 e. The summed E-state index contributed by atoms with van der Waals surface area (Å²) in [5.41, 5.74) is 1.10. The zero-order chi connectivity index (χ0) is 13.9.